The molecule has 3 nitrogen and oxygen atoms in total. The minimum absolute atomic E-state index is 0.524. The van der Waals surface area contributed by atoms with Crippen molar-refractivity contribution >= 4 is 0 Å². The van der Waals surface area contributed by atoms with E-state index in [9.17, 15) is 0 Å². The summed E-state index contributed by atoms with van der Waals surface area (Å²) < 4.78 is 5.26. The van der Waals surface area contributed by atoms with Crippen LogP contribution in [0.25, 0.3) is 0 Å². The smallest absolute Gasteiger partial charge is 0.115 e. The van der Waals surface area contributed by atoms with Gasteiger partial charge in [-0.2, -0.15) is 0 Å². The largest absolute Gasteiger partial charge is 0.381 e. The third kappa shape index (κ3) is 1.38. The van der Waals surface area contributed by atoms with Gasteiger partial charge in [0, 0.05) is 24.9 Å². The van der Waals surface area contributed by atoms with Gasteiger partial charge < -0.3 is 4.74 Å². The molecule has 1 aromatic rings. The summed E-state index contributed by atoms with van der Waals surface area (Å²) in [5, 5.41) is 0. The van der Waals surface area contributed by atoms with Crippen molar-refractivity contribution in [3.63, 3.8) is 0 Å². The highest BCUT2D eigenvalue weighted by molar-refractivity contribution is 5.10. The van der Waals surface area contributed by atoms with Gasteiger partial charge >= 0.3 is 0 Å². The van der Waals surface area contributed by atoms with Gasteiger partial charge in [-0.3, -0.25) is 0 Å². The van der Waals surface area contributed by atoms with Crippen LogP contribution in [0.1, 0.15) is 17.9 Å². The molecular formula is C8H10N2O. The van der Waals surface area contributed by atoms with Gasteiger partial charge in [0.05, 0.1) is 6.61 Å². The molecule has 1 aliphatic rings. The van der Waals surface area contributed by atoms with Gasteiger partial charge in [0.15, 0.2) is 0 Å². The Balaban J connectivity index is 2.16. The van der Waals surface area contributed by atoms with Crippen LogP contribution in [0, 0.1) is 0 Å². The van der Waals surface area contributed by atoms with Gasteiger partial charge in [0.2, 0.25) is 0 Å². The first-order valence-corrected chi connectivity index (χ1v) is 3.79. The molecule has 1 aliphatic heterocycles. The molecule has 1 aromatic heterocycles. The second-order valence-corrected chi connectivity index (χ2v) is 2.73. The predicted molar refractivity (Wildman–Crippen MR) is 40.2 cm³/mol. The summed E-state index contributed by atoms with van der Waals surface area (Å²) in [6.07, 6.45) is 6.39. The molecule has 11 heavy (non-hydrogen) atoms. The average molecular weight is 150 g/mol. The molecule has 1 fully saturated rings. The number of aromatic nitrogens is 2. The monoisotopic (exact) mass is 150 g/mol. The molecule has 58 valence electrons. The van der Waals surface area contributed by atoms with Crippen LogP contribution < -0.4 is 0 Å². The Kier molecular flexibility index (Phi) is 1.81. The van der Waals surface area contributed by atoms with E-state index < -0.39 is 0 Å². The molecular weight excluding hydrogens is 140 g/mol. The van der Waals surface area contributed by atoms with Gasteiger partial charge in [-0.25, -0.2) is 9.97 Å². The number of hydrogen-bond acceptors (Lipinski definition) is 3. The van der Waals surface area contributed by atoms with Crippen molar-refractivity contribution in [2.24, 2.45) is 0 Å². The maximum Gasteiger partial charge on any atom is 0.115 e. The number of ether oxygens (including phenoxy) is 1. The zero-order chi connectivity index (χ0) is 7.52. The van der Waals surface area contributed by atoms with E-state index in [0.717, 1.165) is 19.6 Å². The first-order chi connectivity index (χ1) is 5.47. The van der Waals surface area contributed by atoms with Crippen LogP contribution in [-0.2, 0) is 4.74 Å². The Hall–Kier alpha value is -0.960. The van der Waals surface area contributed by atoms with E-state index in [1.54, 1.807) is 6.33 Å². The molecule has 2 rings (SSSR count). The Morgan fingerprint density at radius 1 is 1.36 bits per heavy atom. The summed E-state index contributed by atoms with van der Waals surface area (Å²) in [7, 11) is 0. The maximum absolute atomic E-state index is 5.26. The Bertz CT molecular complexity index is 219. The van der Waals surface area contributed by atoms with E-state index in [0.29, 0.717) is 5.92 Å². The normalized spacial score (nSPS) is 23.8. The first-order valence-electron chi connectivity index (χ1n) is 3.79. The Morgan fingerprint density at radius 2 is 2.18 bits per heavy atom. The maximum atomic E-state index is 5.26. The highest BCUT2D eigenvalue weighted by atomic mass is 16.5. The van der Waals surface area contributed by atoms with Crippen molar-refractivity contribution in [2.75, 3.05) is 13.2 Å². The van der Waals surface area contributed by atoms with E-state index in [-0.39, 0.29) is 0 Å². The van der Waals surface area contributed by atoms with Gasteiger partial charge in [0.25, 0.3) is 0 Å². The molecule has 0 amide bonds. The van der Waals surface area contributed by atoms with Crippen molar-refractivity contribution in [1.29, 1.82) is 0 Å². The van der Waals surface area contributed by atoms with Crippen molar-refractivity contribution in [2.45, 2.75) is 12.3 Å². The second-order valence-electron chi connectivity index (χ2n) is 2.73. The van der Waals surface area contributed by atoms with Crippen molar-refractivity contribution in [3.05, 3.63) is 24.3 Å². The van der Waals surface area contributed by atoms with E-state index in [1.807, 2.05) is 12.4 Å². The molecule has 2 heterocycles. The topological polar surface area (TPSA) is 35.0 Å². The van der Waals surface area contributed by atoms with E-state index in [2.05, 4.69) is 9.97 Å². The molecule has 0 saturated carbocycles. The fraction of sp³-hybridized carbons (Fsp3) is 0.500. The summed E-state index contributed by atoms with van der Waals surface area (Å²) in [6.45, 7) is 1.70. The summed E-state index contributed by atoms with van der Waals surface area (Å²) in [6, 6.07) is 0. The van der Waals surface area contributed by atoms with E-state index >= 15 is 0 Å². The zero-order valence-corrected chi connectivity index (χ0v) is 6.23. The number of hydrogen-bond donors (Lipinski definition) is 0. The summed E-state index contributed by atoms with van der Waals surface area (Å²) in [4.78, 5) is 7.93. The van der Waals surface area contributed by atoms with Crippen LogP contribution in [-0.4, -0.2) is 23.2 Å². The lowest BCUT2D eigenvalue weighted by Gasteiger charge is -2.04. The average Bonchev–Trinajstić information content (AvgIpc) is 2.58. The molecule has 0 bridgehead atoms. The van der Waals surface area contributed by atoms with Crippen LogP contribution in [0.2, 0.25) is 0 Å². The molecule has 0 radical (unpaired) electrons. The molecule has 0 aromatic carbocycles. The minimum atomic E-state index is 0.524. The van der Waals surface area contributed by atoms with Crippen molar-refractivity contribution in [3.8, 4) is 0 Å². The number of nitrogens with zero attached hydrogens (tertiary/aromatic N) is 2. The van der Waals surface area contributed by atoms with Crippen molar-refractivity contribution in [1.82, 2.24) is 9.97 Å². The van der Waals surface area contributed by atoms with Gasteiger partial charge in [-0.05, 0) is 12.0 Å². The molecule has 3 heteroatoms. The standard InChI is InChI=1S/C8H10N2O/c1-2-11-5-7(1)8-3-9-6-10-4-8/h3-4,6-7H,1-2,5H2. The van der Waals surface area contributed by atoms with Crippen LogP contribution in [0.4, 0.5) is 0 Å². The SMILES string of the molecule is c1ncc(C2CCOC2)cn1. The zero-order valence-electron chi connectivity index (χ0n) is 6.23. The lowest BCUT2D eigenvalue weighted by atomic mass is 10.0. The Morgan fingerprint density at radius 3 is 2.82 bits per heavy atom. The van der Waals surface area contributed by atoms with Crippen LogP contribution in [0.5, 0.6) is 0 Å². The predicted octanol–water partition coefficient (Wildman–Crippen LogP) is 0.980. The van der Waals surface area contributed by atoms with E-state index in [4.69, 9.17) is 4.74 Å². The highest BCUT2D eigenvalue weighted by Crippen LogP contribution is 2.23. The number of rotatable bonds is 1. The third-order valence-electron chi connectivity index (χ3n) is 1.98. The molecule has 0 spiro atoms. The lowest BCUT2D eigenvalue weighted by Crippen LogP contribution is -1.98. The van der Waals surface area contributed by atoms with Crippen molar-refractivity contribution < 1.29 is 4.74 Å². The summed E-state index contributed by atoms with van der Waals surface area (Å²) in [5.74, 6) is 0.524. The van der Waals surface area contributed by atoms with Gasteiger partial charge in [-0.1, -0.05) is 0 Å². The van der Waals surface area contributed by atoms with E-state index in [1.165, 1.54) is 5.56 Å². The minimum Gasteiger partial charge on any atom is -0.381 e. The first kappa shape index (κ1) is 6.73. The lowest BCUT2D eigenvalue weighted by molar-refractivity contribution is 0.194. The fourth-order valence-corrected chi connectivity index (χ4v) is 1.32. The fourth-order valence-electron chi connectivity index (χ4n) is 1.32. The molecule has 1 saturated heterocycles. The van der Waals surface area contributed by atoms with Crippen LogP contribution >= 0.6 is 0 Å². The Labute approximate surface area is 65.4 Å². The molecule has 1 atom stereocenters. The van der Waals surface area contributed by atoms with Gasteiger partial charge in [0.1, 0.15) is 6.33 Å². The summed E-state index contributed by atoms with van der Waals surface area (Å²) in [5.41, 5.74) is 1.20. The quantitative estimate of drug-likeness (QED) is 0.598. The molecule has 0 N–H and O–H groups in total. The van der Waals surface area contributed by atoms with Gasteiger partial charge in [-0.15, -0.1) is 0 Å². The highest BCUT2D eigenvalue weighted by Gasteiger charge is 2.17. The summed E-state index contributed by atoms with van der Waals surface area (Å²) >= 11 is 0. The van der Waals surface area contributed by atoms with Crippen LogP contribution in [0.15, 0.2) is 18.7 Å². The van der Waals surface area contributed by atoms with Crippen LogP contribution in [0.3, 0.4) is 0 Å². The molecule has 0 aliphatic carbocycles. The third-order valence-corrected chi connectivity index (χ3v) is 1.98. The second kappa shape index (κ2) is 2.96. The molecule has 1 unspecified atom stereocenters.